The summed E-state index contributed by atoms with van der Waals surface area (Å²) in [6, 6.07) is 8.12. The molecule has 0 saturated carbocycles. The predicted octanol–water partition coefficient (Wildman–Crippen LogP) is 1.91. The maximum Gasteiger partial charge on any atom is 0.269 e. The second kappa shape index (κ2) is 6.67. The van der Waals surface area contributed by atoms with E-state index in [0.29, 0.717) is 22.7 Å². The first-order valence-corrected chi connectivity index (χ1v) is 7.68. The number of methoxy groups -OCH3 is 1. The minimum absolute atomic E-state index is 0.0518. The van der Waals surface area contributed by atoms with Gasteiger partial charge in [-0.2, -0.15) is 0 Å². The molecule has 1 amide bonds. The molecule has 8 nitrogen and oxygen atoms in total. The Kier molecular flexibility index (Phi) is 4.40. The summed E-state index contributed by atoms with van der Waals surface area (Å²) in [6.07, 6.45) is 1.54. The second-order valence-electron chi connectivity index (χ2n) is 5.61. The summed E-state index contributed by atoms with van der Waals surface area (Å²) < 4.78 is 5.11. The lowest BCUT2D eigenvalue weighted by atomic mass is 10.0. The zero-order chi connectivity index (χ0) is 18.8. The second-order valence-corrected chi connectivity index (χ2v) is 5.61. The van der Waals surface area contributed by atoms with Crippen molar-refractivity contribution in [1.29, 1.82) is 0 Å². The molecule has 0 aliphatic heterocycles. The van der Waals surface area contributed by atoms with Crippen LogP contribution in [0.1, 0.15) is 16.1 Å². The summed E-state index contributed by atoms with van der Waals surface area (Å²) >= 11 is 0. The molecule has 2 aromatic heterocycles. The highest BCUT2D eigenvalue weighted by atomic mass is 16.5. The lowest BCUT2D eigenvalue weighted by molar-refractivity contribution is 0.0996. The molecular formula is C18H17N5O3. The smallest absolute Gasteiger partial charge is 0.269 e. The van der Waals surface area contributed by atoms with Gasteiger partial charge < -0.3 is 21.3 Å². The molecule has 0 atom stereocenters. The number of hydrogen-bond acceptors (Lipinski definition) is 7. The van der Waals surface area contributed by atoms with Crippen LogP contribution in [0.2, 0.25) is 0 Å². The number of primary amides is 1. The molecule has 0 aliphatic rings. The summed E-state index contributed by atoms with van der Waals surface area (Å²) in [5.74, 6) is -0.104. The minimum atomic E-state index is -0.772. The summed E-state index contributed by atoms with van der Waals surface area (Å²) in [5.41, 5.74) is 13.8. The number of rotatable bonds is 4. The normalized spacial score (nSPS) is 10.5. The highest BCUT2D eigenvalue weighted by molar-refractivity contribution is 5.99. The van der Waals surface area contributed by atoms with Crippen LogP contribution >= 0.6 is 0 Å². The Balaban J connectivity index is 2.29. The highest BCUT2D eigenvalue weighted by Gasteiger charge is 2.19. The van der Waals surface area contributed by atoms with Gasteiger partial charge in [0.05, 0.1) is 18.5 Å². The quantitative estimate of drug-likeness (QED) is 0.653. The van der Waals surface area contributed by atoms with E-state index in [2.05, 4.69) is 15.0 Å². The van der Waals surface area contributed by atoms with Gasteiger partial charge in [0.1, 0.15) is 5.75 Å². The number of phenols is 1. The molecule has 0 radical (unpaired) electrons. The van der Waals surface area contributed by atoms with Crippen molar-refractivity contribution in [3.05, 3.63) is 47.8 Å². The molecule has 2 heterocycles. The first-order chi connectivity index (χ1) is 12.4. The summed E-state index contributed by atoms with van der Waals surface area (Å²) in [7, 11) is 1.49. The first-order valence-electron chi connectivity index (χ1n) is 7.68. The molecular weight excluding hydrogens is 334 g/mol. The van der Waals surface area contributed by atoms with E-state index in [4.69, 9.17) is 16.2 Å². The van der Waals surface area contributed by atoms with E-state index < -0.39 is 5.91 Å². The van der Waals surface area contributed by atoms with Crippen molar-refractivity contribution in [3.63, 3.8) is 0 Å². The summed E-state index contributed by atoms with van der Waals surface area (Å²) in [5, 5.41) is 9.82. The van der Waals surface area contributed by atoms with Crippen molar-refractivity contribution in [2.45, 2.75) is 6.92 Å². The number of aromatic hydroxyl groups is 1. The number of nitrogen functional groups attached to an aromatic ring is 1. The van der Waals surface area contributed by atoms with Gasteiger partial charge in [-0.05, 0) is 30.7 Å². The average molecular weight is 351 g/mol. The molecule has 1 aromatic carbocycles. The fourth-order valence-corrected chi connectivity index (χ4v) is 2.52. The number of pyridine rings is 1. The number of anilines is 1. The molecule has 0 bridgehead atoms. The Bertz CT molecular complexity index is 1000. The standard InChI is InChI=1S/C18H17N5O3/c1-9-3-4-11(24)8-12(9)15-14(19)16(17(20)25)23-18(22-15)10-5-6-21-13(7-10)26-2/h3-8,24H,19H2,1-2H3,(H2,20,25). The van der Waals surface area contributed by atoms with Crippen molar-refractivity contribution in [1.82, 2.24) is 15.0 Å². The number of phenolic OH excluding ortho intramolecular Hbond substituents is 1. The van der Waals surface area contributed by atoms with E-state index in [1.807, 2.05) is 6.92 Å². The molecule has 0 saturated heterocycles. The topological polar surface area (TPSA) is 137 Å². The predicted molar refractivity (Wildman–Crippen MR) is 96.6 cm³/mol. The molecule has 0 aliphatic carbocycles. The largest absolute Gasteiger partial charge is 0.508 e. The number of aryl methyl sites for hydroxylation is 1. The number of carbonyl (C=O) groups is 1. The van der Waals surface area contributed by atoms with Gasteiger partial charge in [0.25, 0.3) is 5.91 Å². The van der Waals surface area contributed by atoms with Crippen molar-refractivity contribution in [3.8, 4) is 34.3 Å². The van der Waals surface area contributed by atoms with Crippen LogP contribution in [0.25, 0.3) is 22.6 Å². The fraction of sp³-hybridized carbons (Fsp3) is 0.111. The Morgan fingerprint density at radius 3 is 2.65 bits per heavy atom. The van der Waals surface area contributed by atoms with Crippen molar-refractivity contribution >= 4 is 11.6 Å². The van der Waals surface area contributed by atoms with E-state index >= 15 is 0 Å². The molecule has 132 valence electrons. The molecule has 3 rings (SSSR count). The van der Waals surface area contributed by atoms with Crippen LogP contribution in [0.4, 0.5) is 5.69 Å². The van der Waals surface area contributed by atoms with Gasteiger partial charge in [-0.15, -0.1) is 0 Å². The van der Waals surface area contributed by atoms with Gasteiger partial charge in [0, 0.05) is 23.4 Å². The number of carbonyl (C=O) groups excluding carboxylic acids is 1. The molecule has 0 spiro atoms. The summed E-state index contributed by atoms with van der Waals surface area (Å²) in [4.78, 5) is 24.6. The molecule has 3 aromatic rings. The van der Waals surface area contributed by atoms with Crippen molar-refractivity contribution in [2.75, 3.05) is 12.8 Å². The Morgan fingerprint density at radius 2 is 1.96 bits per heavy atom. The molecule has 26 heavy (non-hydrogen) atoms. The molecule has 0 fully saturated rings. The van der Waals surface area contributed by atoms with Crippen LogP contribution < -0.4 is 16.2 Å². The Hall–Kier alpha value is -3.68. The number of aromatic nitrogens is 3. The fourth-order valence-electron chi connectivity index (χ4n) is 2.52. The highest BCUT2D eigenvalue weighted by Crippen LogP contribution is 2.33. The van der Waals surface area contributed by atoms with Crippen LogP contribution in [-0.4, -0.2) is 33.1 Å². The van der Waals surface area contributed by atoms with Crippen LogP contribution in [0.3, 0.4) is 0 Å². The van der Waals surface area contributed by atoms with Gasteiger partial charge >= 0.3 is 0 Å². The third-order valence-electron chi connectivity index (χ3n) is 3.86. The van der Waals surface area contributed by atoms with Gasteiger partial charge in [0.2, 0.25) is 5.88 Å². The molecule has 5 N–H and O–H groups in total. The number of hydrogen-bond donors (Lipinski definition) is 3. The van der Waals surface area contributed by atoms with Crippen molar-refractivity contribution in [2.24, 2.45) is 5.73 Å². The Morgan fingerprint density at radius 1 is 1.19 bits per heavy atom. The SMILES string of the molecule is COc1cc(-c2nc(C(N)=O)c(N)c(-c3cc(O)ccc3C)n2)ccn1. The number of ether oxygens (including phenoxy) is 1. The summed E-state index contributed by atoms with van der Waals surface area (Å²) in [6.45, 7) is 1.84. The van der Waals surface area contributed by atoms with Gasteiger partial charge in [0.15, 0.2) is 11.5 Å². The zero-order valence-electron chi connectivity index (χ0n) is 14.2. The molecule has 8 heteroatoms. The van der Waals surface area contributed by atoms with Crippen molar-refractivity contribution < 1.29 is 14.6 Å². The van der Waals surface area contributed by atoms with E-state index in [1.54, 1.807) is 24.3 Å². The van der Waals surface area contributed by atoms with E-state index in [0.717, 1.165) is 5.56 Å². The van der Waals surface area contributed by atoms with E-state index in [1.165, 1.54) is 19.4 Å². The number of nitrogens with zero attached hydrogens (tertiary/aromatic N) is 3. The minimum Gasteiger partial charge on any atom is -0.508 e. The lowest BCUT2D eigenvalue weighted by Crippen LogP contribution is -2.18. The Labute approximate surface area is 149 Å². The number of benzene rings is 1. The van der Waals surface area contributed by atoms with Crippen LogP contribution in [0, 0.1) is 6.92 Å². The first kappa shape index (κ1) is 17.2. The lowest BCUT2D eigenvalue weighted by Gasteiger charge is -2.13. The van der Waals surface area contributed by atoms with Gasteiger partial charge in [-0.25, -0.2) is 15.0 Å². The monoisotopic (exact) mass is 351 g/mol. The maximum absolute atomic E-state index is 11.8. The van der Waals surface area contributed by atoms with Crippen LogP contribution in [0.15, 0.2) is 36.5 Å². The van der Waals surface area contributed by atoms with E-state index in [9.17, 15) is 9.90 Å². The third-order valence-corrected chi connectivity index (χ3v) is 3.86. The molecule has 0 unspecified atom stereocenters. The average Bonchev–Trinajstić information content (AvgIpc) is 2.64. The van der Waals surface area contributed by atoms with E-state index in [-0.39, 0.29) is 23.0 Å². The van der Waals surface area contributed by atoms with Gasteiger partial charge in [-0.3, -0.25) is 4.79 Å². The number of nitrogens with two attached hydrogens (primary N) is 2. The van der Waals surface area contributed by atoms with Gasteiger partial charge in [-0.1, -0.05) is 6.07 Å². The van der Waals surface area contributed by atoms with Crippen LogP contribution in [-0.2, 0) is 0 Å². The van der Waals surface area contributed by atoms with Crippen LogP contribution in [0.5, 0.6) is 11.6 Å². The maximum atomic E-state index is 11.8. The third kappa shape index (κ3) is 3.12. The number of amides is 1. The zero-order valence-corrected chi connectivity index (χ0v) is 14.2.